The van der Waals surface area contributed by atoms with Gasteiger partial charge in [-0.2, -0.15) is 0 Å². The van der Waals surface area contributed by atoms with Gasteiger partial charge in [-0.1, -0.05) is 19.3 Å². The van der Waals surface area contributed by atoms with Crippen molar-refractivity contribution in [2.24, 2.45) is 5.41 Å². The van der Waals surface area contributed by atoms with Gasteiger partial charge < -0.3 is 15.0 Å². The number of anilines is 2. The number of nitrogens with one attached hydrogen (secondary N) is 1. The topological polar surface area (TPSA) is 58.6 Å². The van der Waals surface area contributed by atoms with Crippen LogP contribution in [0.4, 0.5) is 11.4 Å². The highest BCUT2D eigenvalue weighted by atomic mass is 16.5. The van der Waals surface area contributed by atoms with Crippen LogP contribution in [0.2, 0.25) is 0 Å². The molecule has 3 rings (SSSR count). The van der Waals surface area contributed by atoms with E-state index in [0.29, 0.717) is 12.1 Å². The van der Waals surface area contributed by atoms with Crippen LogP contribution < -0.4 is 10.2 Å². The molecular weight excluding hydrogens is 280 g/mol. The molecule has 1 spiro atoms. The number of nitrogens with zero attached hydrogens (tertiary/aromatic N) is 1. The Morgan fingerprint density at radius 1 is 1.27 bits per heavy atom. The monoisotopic (exact) mass is 302 g/mol. The van der Waals surface area contributed by atoms with Crippen LogP contribution in [0.3, 0.4) is 0 Å². The second kappa shape index (κ2) is 5.63. The molecule has 1 fully saturated rings. The smallest absolute Gasteiger partial charge is 0.337 e. The summed E-state index contributed by atoms with van der Waals surface area (Å²) in [6.07, 6.45) is 5.27. The highest BCUT2D eigenvalue weighted by Gasteiger charge is 2.42. The lowest BCUT2D eigenvalue weighted by molar-refractivity contribution is -0.126. The number of amides is 1. The van der Waals surface area contributed by atoms with E-state index in [0.717, 1.165) is 37.1 Å². The molecule has 1 saturated carbocycles. The summed E-state index contributed by atoms with van der Waals surface area (Å²) in [6, 6.07) is 5.28. The Labute approximate surface area is 130 Å². The van der Waals surface area contributed by atoms with E-state index < -0.39 is 0 Å². The fourth-order valence-corrected chi connectivity index (χ4v) is 3.68. The van der Waals surface area contributed by atoms with Crippen molar-refractivity contribution in [1.29, 1.82) is 0 Å². The molecule has 1 aliphatic carbocycles. The molecule has 0 saturated heterocycles. The van der Waals surface area contributed by atoms with E-state index in [4.69, 9.17) is 4.74 Å². The number of esters is 1. The Balaban J connectivity index is 1.97. The number of carbonyl (C=O) groups is 2. The minimum absolute atomic E-state index is 0.114. The Kier molecular flexibility index (Phi) is 3.81. The Bertz CT molecular complexity index is 606. The molecule has 5 nitrogen and oxygen atoms in total. The van der Waals surface area contributed by atoms with Crippen LogP contribution in [-0.4, -0.2) is 32.6 Å². The maximum absolute atomic E-state index is 12.7. The molecule has 118 valence electrons. The van der Waals surface area contributed by atoms with Crippen molar-refractivity contribution < 1.29 is 14.3 Å². The van der Waals surface area contributed by atoms with Gasteiger partial charge in [-0.15, -0.1) is 0 Å². The number of hydrogen-bond acceptors (Lipinski definition) is 4. The molecule has 2 aliphatic rings. The third-order valence-electron chi connectivity index (χ3n) is 4.91. The number of rotatable bonds is 1. The molecule has 0 radical (unpaired) electrons. The van der Waals surface area contributed by atoms with Crippen molar-refractivity contribution in [3.8, 4) is 0 Å². The van der Waals surface area contributed by atoms with Crippen molar-refractivity contribution in [3.63, 3.8) is 0 Å². The van der Waals surface area contributed by atoms with E-state index in [1.807, 2.05) is 7.05 Å². The zero-order valence-electron chi connectivity index (χ0n) is 13.1. The Morgan fingerprint density at radius 2 is 2.00 bits per heavy atom. The molecule has 1 heterocycles. The van der Waals surface area contributed by atoms with Crippen LogP contribution in [0.5, 0.6) is 0 Å². The lowest BCUT2D eigenvalue weighted by atomic mass is 9.73. The second-order valence-electron chi connectivity index (χ2n) is 6.37. The summed E-state index contributed by atoms with van der Waals surface area (Å²) < 4.78 is 4.78. The lowest BCUT2D eigenvalue weighted by Gasteiger charge is -2.36. The molecule has 1 aliphatic heterocycles. The molecule has 0 bridgehead atoms. The predicted octanol–water partition coefficient (Wildman–Crippen LogP) is 2.81. The average molecular weight is 302 g/mol. The number of fused-ring (bicyclic) bond motifs is 1. The van der Waals surface area contributed by atoms with Crippen molar-refractivity contribution in [3.05, 3.63) is 23.8 Å². The van der Waals surface area contributed by atoms with Crippen molar-refractivity contribution in [2.45, 2.75) is 32.1 Å². The zero-order valence-corrected chi connectivity index (χ0v) is 13.1. The zero-order chi connectivity index (χ0) is 15.7. The summed E-state index contributed by atoms with van der Waals surface area (Å²) in [4.78, 5) is 26.6. The standard InChI is InChI=1S/C17H22N2O3/c1-19-11-17(8-4-3-5-9-17)16(21)18-13-7-6-12(10-14(13)19)15(20)22-2/h6-7,10H,3-5,8-9,11H2,1-2H3,(H,18,21). The maximum Gasteiger partial charge on any atom is 0.337 e. The quantitative estimate of drug-likeness (QED) is 0.810. The molecule has 0 atom stereocenters. The summed E-state index contributed by atoms with van der Waals surface area (Å²) >= 11 is 0. The van der Waals surface area contributed by atoms with Gasteiger partial charge in [0.05, 0.1) is 29.5 Å². The van der Waals surface area contributed by atoms with Gasteiger partial charge in [0.25, 0.3) is 0 Å². The van der Waals surface area contributed by atoms with Gasteiger partial charge in [-0.05, 0) is 31.0 Å². The first-order valence-corrected chi connectivity index (χ1v) is 7.81. The van der Waals surface area contributed by atoms with Crippen LogP contribution >= 0.6 is 0 Å². The van der Waals surface area contributed by atoms with E-state index in [-0.39, 0.29) is 17.3 Å². The summed E-state index contributed by atoms with van der Waals surface area (Å²) in [5.41, 5.74) is 1.83. The molecular formula is C17H22N2O3. The molecule has 0 aromatic heterocycles. The first-order valence-electron chi connectivity index (χ1n) is 7.81. The van der Waals surface area contributed by atoms with Crippen LogP contribution in [-0.2, 0) is 9.53 Å². The maximum atomic E-state index is 12.7. The summed E-state index contributed by atoms with van der Waals surface area (Å²) in [7, 11) is 3.35. The number of benzene rings is 1. The normalized spacial score (nSPS) is 20.1. The first-order chi connectivity index (χ1) is 10.6. The van der Waals surface area contributed by atoms with Crippen LogP contribution in [0.25, 0.3) is 0 Å². The highest BCUT2D eigenvalue weighted by molar-refractivity contribution is 6.01. The van der Waals surface area contributed by atoms with Crippen molar-refractivity contribution in [1.82, 2.24) is 0 Å². The number of methoxy groups -OCH3 is 1. The molecule has 22 heavy (non-hydrogen) atoms. The molecule has 1 aromatic rings. The molecule has 1 amide bonds. The second-order valence-corrected chi connectivity index (χ2v) is 6.37. The third kappa shape index (κ3) is 2.45. The van der Waals surface area contributed by atoms with Gasteiger partial charge in [-0.25, -0.2) is 4.79 Å². The minimum atomic E-state index is -0.362. The fraction of sp³-hybridized carbons (Fsp3) is 0.529. The third-order valence-corrected chi connectivity index (χ3v) is 4.91. The Hall–Kier alpha value is -2.04. The fourth-order valence-electron chi connectivity index (χ4n) is 3.68. The van der Waals surface area contributed by atoms with Gasteiger partial charge in [0.1, 0.15) is 0 Å². The van der Waals surface area contributed by atoms with E-state index >= 15 is 0 Å². The van der Waals surface area contributed by atoms with Crippen LogP contribution in [0, 0.1) is 5.41 Å². The summed E-state index contributed by atoms with van der Waals surface area (Å²) in [5, 5.41) is 3.06. The molecule has 1 N–H and O–H groups in total. The van der Waals surface area contributed by atoms with Crippen molar-refractivity contribution >= 4 is 23.3 Å². The number of hydrogen-bond donors (Lipinski definition) is 1. The van der Waals surface area contributed by atoms with E-state index in [1.54, 1.807) is 18.2 Å². The van der Waals surface area contributed by atoms with Gasteiger partial charge in [0.2, 0.25) is 5.91 Å². The number of carbonyl (C=O) groups excluding carboxylic acids is 2. The predicted molar refractivity (Wildman–Crippen MR) is 85.2 cm³/mol. The Morgan fingerprint density at radius 3 is 2.68 bits per heavy atom. The van der Waals surface area contributed by atoms with Gasteiger partial charge in [0, 0.05) is 13.6 Å². The molecule has 5 heteroatoms. The summed E-state index contributed by atoms with van der Waals surface area (Å²) in [6.45, 7) is 0.691. The van der Waals surface area contributed by atoms with Crippen LogP contribution in [0.15, 0.2) is 18.2 Å². The largest absolute Gasteiger partial charge is 0.465 e. The number of ether oxygens (including phenoxy) is 1. The average Bonchev–Trinajstić information content (AvgIpc) is 2.63. The lowest BCUT2D eigenvalue weighted by Crippen LogP contribution is -2.44. The van der Waals surface area contributed by atoms with E-state index in [2.05, 4.69) is 10.2 Å². The van der Waals surface area contributed by atoms with Crippen molar-refractivity contribution in [2.75, 3.05) is 30.9 Å². The molecule has 0 unspecified atom stereocenters. The summed E-state index contributed by atoms with van der Waals surface area (Å²) in [5.74, 6) is -0.247. The SMILES string of the molecule is COC(=O)c1ccc2c(c1)N(C)CC1(CCCCC1)C(=O)N2. The first kappa shape index (κ1) is 14.9. The van der Waals surface area contributed by atoms with E-state index in [1.165, 1.54) is 13.5 Å². The van der Waals surface area contributed by atoms with Crippen LogP contribution in [0.1, 0.15) is 42.5 Å². The minimum Gasteiger partial charge on any atom is -0.465 e. The highest BCUT2D eigenvalue weighted by Crippen LogP contribution is 2.42. The van der Waals surface area contributed by atoms with Gasteiger partial charge in [0.15, 0.2) is 0 Å². The van der Waals surface area contributed by atoms with Gasteiger partial charge in [-0.3, -0.25) is 4.79 Å². The van der Waals surface area contributed by atoms with Gasteiger partial charge >= 0.3 is 5.97 Å². The van der Waals surface area contributed by atoms with E-state index in [9.17, 15) is 9.59 Å². The molecule has 1 aromatic carbocycles.